The van der Waals surface area contributed by atoms with Gasteiger partial charge in [0.05, 0.1) is 26.4 Å². The van der Waals surface area contributed by atoms with Gasteiger partial charge in [0.1, 0.15) is 5.75 Å². The molecule has 1 aromatic rings. The summed E-state index contributed by atoms with van der Waals surface area (Å²) >= 11 is 0. The van der Waals surface area contributed by atoms with E-state index in [1.807, 2.05) is 0 Å². The third kappa shape index (κ3) is 10.5. The van der Waals surface area contributed by atoms with Crippen LogP contribution in [0.1, 0.15) is 24.5 Å². The van der Waals surface area contributed by atoms with E-state index in [0.29, 0.717) is 19.8 Å². The van der Waals surface area contributed by atoms with Gasteiger partial charge in [0, 0.05) is 58.4 Å². The molecule has 7 nitrogen and oxygen atoms in total. The Morgan fingerprint density at radius 2 is 2.00 bits per heavy atom. The van der Waals surface area contributed by atoms with Crippen LogP contribution in [0.15, 0.2) is 23.2 Å². The summed E-state index contributed by atoms with van der Waals surface area (Å²) in [6.45, 7) is 12.4. The molecule has 166 valence electrons. The minimum absolute atomic E-state index is 0. The van der Waals surface area contributed by atoms with E-state index in [1.54, 1.807) is 7.11 Å². The number of aryl methyl sites for hydroxylation is 1. The molecule has 0 bridgehead atoms. The lowest BCUT2D eigenvalue weighted by Crippen LogP contribution is -2.44. The van der Waals surface area contributed by atoms with E-state index in [1.165, 1.54) is 5.56 Å². The number of nitrogens with zero attached hydrogens (tertiary/aromatic N) is 2. The number of ether oxygens (including phenoxy) is 3. The molecule has 29 heavy (non-hydrogen) atoms. The number of guanidine groups is 1. The van der Waals surface area contributed by atoms with Gasteiger partial charge in [0.25, 0.3) is 0 Å². The summed E-state index contributed by atoms with van der Waals surface area (Å²) in [5, 5.41) is 6.75. The van der Waals surface area contributed by atoms with E-state index in [-0.39, 0.29) is 24.0 Å². The van der Waals surface area contributed by atoms with Gasteiger partial charge in [-0.05, 0) is 25.5 Å². The van der Waals surface area contributed by atoms with E-state index in [0.717, 1.165) is 69.6 Å². The Bertz CT molecular complexity index is 595. The van der Waals surface area contributed by atoms with E-state index in [2.05, 4.69) is 47.6 Å². The fourth-order valence-electron chi connectivity index (χ4n) is 2.98. The Labute approximate surface area is 192 Å². The highest BCUT2D eigenvalue weighted by atomic mass is 127. The Balaban J connectivity index is 0.00000420. The monoisotopic (exact) mass is 520 g/mol. The van der Waals surface area contributed by atoms with Crippen LogP contribution in [-0.2, 0) is 16.0 Å². The lowest BCUT2D eigenvalue weighted by molar-refractivity contribution is 0.0389. The first-order chi connectivity index (χ1) is 13.7. The maximum atomic E-state index is 5.96. The van der Waals surface area contributed by atoms with Gasteiger partial charge in [-0.1, -0.05) is 12.1 Å². The van der Waals surface area contributed by atoms with Gasteiger partial charge in [-0.2, -0.15) is 0 Å². The molecule has 1 aliphatic rings. The maximum Gasteiger partial charge on any atom is 0.191 e. The molecule has 2 rings (SSSR count). The fourth-order valence-corrected chi connectivity index (χ4v) is 2.98. The molecule has 0 aromatic heterocycles. The zero-order valence-corrected chi connectivity index (χ0v) is 20.4. The number of halogens is 1. The van der Waals surface area contributed by atoms with Crippen molar-refractivity contribution in [2.24, 2.45) is 4.99 Å². The first-order valence-electron chi connectivity index (χ1n) is 10.3. The molecule has 0 radical (unpaired) electrons. The summed E-state index contributed by atoms with van der Waals surface area (Å²) in [4.78, 5) is 7.16. The van der Waals surface area contributed by atoms with Gasteiger partial charge in [0.2, 0.25) is 0 Å². The van der Waals surface area contributed by atoms with Crippen molar-refractivity contribution in [2.45, 2.75) is 26.8 Å². The van der Waals surface area contributed by atoms with Gasteiger partial charge in [-0.25, -0.2) is 4.99 Å². The van der Waals surface area contributed by atoms with Crippen LogP contribution in [0.25, 0.3) is 0 Å². The van der Waals surface area contributed by atoms with Crippen LogP contribution < -0.4 is 15.4 Å². The highest BCUT2D eigenvalue weighted by Crippen LogP contribution is 2.21. The number of nitrogens with one attached hydrogen (secondary N) is 2. The zero-order valence-electron chi connectivity index (χ0n) is 18.0. The molecule has 0 aliphatic carbocycles. The Morgan fingerprint density at radius 1 is 1.21 bits per heavy atom. The smallest absolute Gasteiger partial charge is 0.191 e. The van der Waals surface area contributed by atoms with Crippen LogP contribution in [0.2, 0.25) is 0 Å². The molecule has 1 heterocycles. The predicted octanol–water partition coefficient (Wildman–Crippen LogP) is 2.42. The van der Waals surface area contributed by atoms with E-state index < -0.39 is 0 Å². The van der Waals surface area contributed by atoms with E-state index in [9.17, 15) is 0 Å². The van der Waals surface area contributed by atoms with Crippen molar-refractivity contribution < 1.29 is 14.2 Å². The van der Waals surface area contributed by atoms with Gasteiger partial charge < -0.3 is 24.8 Å². The van der Waals surface area contributed by atoms with Crippen molar-refractivity contribution in [3.63, 3.8) is 0 Å². The van der Waals surface area contributed by atoms with Crippen molar-refractivity contribution >= 4 is 29.9 Å². The minimum Gasteiger partial charge on any atom is -0.493 e. The molecule has 0 spiro atoms. The molecule has 1 saturated heterocycles. The molecular formula is C21H37IN4O3. The van der Waals surface area contributed by atoms with Crippen LogP contribution in [-0.4, -0.2) is 77.1 Å². The largest absolute Gasteiger partial charge is 0.493 e. The first kappa shape index (κ1) is 25.9. The first-order valence-corrected chi connectivity index (χ1v) is 10.3. The van der Waals surface area contributed by atoms with Crippen molar-refractivity contribution in [3.8, 4) is 5.75 Å². The van der Waals surface area contributed by atoms with Crippen LogP contribution >= 0.6 is 24.0 Å². The molecule has 0 amide bonds. The summed E-state index contributed by atoms with van der Waals surface area (Å²) in [7, 11) is 1.71. The molecule has 2 N–H and O–H groups in total. The van der Waals surface area contributed by atoms with Crippen molar-refractivity contribution in [3.05, 3.63) is 29.3 Å². The molecule has 8 heteroatoms. The van der Waals surface area contributed by atoms with Gasteiger partial charge in [-0.15, -0.1) is 24.0 Å². The van der Waals surface area contributed by atoms with Crippen LogP contribution in [0.5, 0.6) is 5.75 Å². The second-order valence-electron chi connectivity index (χ2n) is 6.88. The highest BCUT2D eigenvalue weighted by Gasteiger charge is 2.10. The second kappa shape index (κ2) is 15.7. The highest BCUT2D eigenvalue weighted by molar-refractivity contribution is 14.0. The van der Waals surface area contributed by atoms with Crippen molar-refractivity contribution in [1.29, 1.82) is 0 Å². The summed E-state index contributed by atoms with van der Waals surface area (Å²) in [5.41, 5.74) is 2.28. The molecular weight excluding hydrogens is 483 g/mol. The average molecular weight is 520 g/mol. The Kier molecular flexibility index (Phi) is 14.0. The fraction of sp³-hybridized carbons (Fsp3) is 0.667. The minimum atomic E-state index is 0. The number of morpholine rings is 1. The normalized spacial score (nSPS) is 14.9. The summed E-state index contributed by atoms with van der Waals surface area (Å²) in [6.07, 6.45) is 0.874. The molecule has 0 saturated carbocycles. The number of aliphatic imine (C=N–C) groups is 1. The zero-order chi connectivity index (χ0) is 20.0. The van der Waals surface area contributed by atoms with Gasteiger partial charge in [-0.3, -0.25) is 4.90 Å². The van der Waals surface area contributed by atoms with E-state index >= 15 is 0 Å². The van der Waals surface area contributed by atoms with E-state index in [4.69, 9.17) is 19.2 Å². The van der Waals surface area contributed by atoms with Crippen molar-refractivity contribution in [2.75, 3.05) is 66.3 Å². The van der Waals surface area contributed by atoms with Crippen molar-refractivity contribution in [1.82, 2.24) is 15.5 Å². The molecule has 1 aromatic carbocycles. The number of hydrogen-bond donors (Lipinski definition) is 2. The summed E-state index contributed by atoms with van der Waals surface area (Å²) in [6, 6.07) is 6.28. The SMILES string of the molecule is CCNC(=NCc1ccc(C)cc1OCCCOC)NCCN1CCOCC1.I. The Morgan fingerprint density at radius 3 is 2.72 bits per heavy atom. The number of methoxy groups -OCH3 is 1. The second-order valence-corrected chi connectivity index (χ2v) is 6.88. The summed E-state index contributed by atoms with van der Waals surface area (Å²) in [5.74, 6) is 1.74. The van der Waals surface area contributed by atoms with Crippen LogP contribution in [0.3, 0.4) is 0 Å². The molecule has 1 aliphatic heterocycles. The standard InChI is InChI=1S/C21H36N4O3.HI/c1-4-22-21(23-8-9-25-10-14-27-15-11-25)24-17-19-7-6-18(2)16-20(19)28-13-5-12-26-3;/h6-7,16H,4-5,8-15,17H2,1-3H3,(H2,22,23,24);1H. The maximum absolute atomic E-state index is 5.96. The Hall–Kier alpha value is -1.10. The van der Waals surface area contributed by atoms with Gasteiger partial charge >= 0.3 is 0 Å². The average Bonchev–Trinajstić information content (AvgIpc) is 2.71. The molecule has 1 fully saturated rings. The molecule has 0 unspecified atom stereocenters. The lowest BCUT2D eigenvalue weighted by atomic mass is 10.1. The predicted molar refractivity (Wildman–Crippen MR) is 129 cm³/mol. The number of benzene rings is 1. The molecule has 0 atom stereocenters. The number of rotatable bonds is 11. The van der Waals surface area contributed by atoms with Crippen LogP contribution in [0, 0.1) is 6.92 Å². The lowest BCUT2D eigenvalue weighted by Gasteiger charge is -2.26. The van der Waals surface area contributed by atoms with Gasteiger partial charge in [0.15, 0.2) is 5.96 Å². The quantitative estimate of drug-likeness (QED) is 0.202. The summed E-state index contributed by atoms with van der Waals surface area (Å²) < 4.78 is 16.5. The topological polar surface area (TPSA) is 67.4 Å². The third-order valence-corrected chi connectivity index (χ3v) is 4.55. The number of hydrogen-bond acceptors (Lipinski definition) is 5. The van der Waals surface area contributed by atoms with Crippen LogP contribution in [0.4, 0.5) is 0 Å². The third-order valence-electron chi connectivity index (χ3n) is 4.55.